The summed E-state index contributed by atoms with van der Waals surface area (Å²) in [6.07, 6.45) is 0.0423. The van der Waals surface area contributed by atoms with Crippen LogP contribution in [-0.4, -0.2) is 10.7 Å². The van der Waals surface area contributed by atoms with Crippen LogP contribution in [-0.2, 0) is 6.42 Å². The number of Topliss-reactive ketones (excluding diaryl/α,β-unsaturated/α-hetero) is 1. The van der Waals surface area contributed by atoms with Gasteiger partial charge in [-0.25, -0.2) is 0 Å². The van der Waals surface area contributed by atoms with E-state index in [1.165, 1.54) is 6.07 Å². The Balaban J connectivity index is 2.27. The number of nitro benzene ring substituents is 1. The van der Waals surface area contributed by atoms with Crippen LogP contribution < -0.4 is 0 Å². The van der Waals surface area contributed by atoms with E-state index in [0.717, 1.165) is 5.56 Å². The SMILES string of the molecule is Cc1cccc(C(=O)Cc2ccccc2[N+](=O)[O-])c1. The minimum atomic E-state index is -0.459. The number of carbonyl (C=O) groups excluding carboxylic acids is 1. The zero-order chi connectivity index (χ0) is 13.8. The predicted octanol–water partition coefficient (Wildman–Crippen LogP) is 3.33. The van der Waals surface area contributed by atoms with E-state index < -0.39 is 4.92 Å². The number of nitrogens with zero attached hydrogens (tertiary/aromatic N) is 1. The molecule has 0 amide bonds. The third-order valence-electron chi connectivity index (χ3n) is 2.88. The largest absolute Gasteiger partial charge is 0.294 e. The summed E-state index contributed by atoms with van der Waals surface area (Å²) in [5.74, 6) is -0.113. The predicted molar refractivity (Wildman–Crippen MR) is 72.3 cm³/mol. The molecule has 0 bridgehead atoms. The highest BCUT2D eigenvalue weighted by Gasteiger charge is 2.16. The average Bonchev–Trinajstić information content (AvgIpc) is 2.39. The van der Waals surface area contributed by atoms with Crippen molar-refractivity contribution in [3.63, 3.8) is 0 Å². The van der Waals surface area contributed by atoms with Gasteiger partial charge in [-0.3, -0.25) is 14.9 Å². The highest BCUT2D eigenvalue weighted by Crippen LogP contribution is 2.19. The first-order valence-corrected chi connectivity index (χ1v) is 5.90. The summed E-state index contributed by atoms with van der Waals surface area (Å²) in [7, 11) is 0. The van der Waals surface area contributed by atoms with Crippen LogP contribution in [0, 0.1) is 17.0 Å². The summed E-state index contributed by atoms with van der Waals surface area (Å²) in [5.41, 5.74) is 2.01. The van der Waals surface area contributed by atoms with Gasteiger partial charge < -0.3 is 0 Å². The van der Waals surface area contributed by atoms with Gasteiger partial charge in [-0.2, -0.15) is 0 Å². The van der Waals surface area contributed by atoms with Crippen molar-refractivity contribution in [1.82, 2.24) is 0 Å². The van der Waals surface area contributed by atoms with E-state index in [1.54, 1.807) is 30.3 Å². The highest BCUT2D eigenvalue weighted by atomic mass is 16.6. The molecule has 0 spiro atoms. The monoisotopic (exact) mass is 255 g/mol. The maximum atomic E-state index is 12.1. The van der Waals surface area contributed by atoms with Gasteiger partial charge in [0.05, 0.1) is 4.92 Å². The van der Waals surface area contributed by atoms with Crippen molar-refractivity contribution in [2.24, 2.45) is 0 Å². The van der Waals surface area contributed by atoms with Gasteiger partial charge in [-0.15, -0.1) is 0 Å². The van der Waals surface area contributed by atoms with Crippen molar-refractivity contribution in [1.29, 1.82) is 0 Å². The second-order valence-electron chi connectivity index (χ2n) is 4.36. The third-order valence-corrected chi connectivity index (χ3v) is 2.88. The molecule has 0 saturated heterocycles. The van der Waals surface area contributed by atoms with Gasteiger partial charge in [0.15, 0.2) is 5.78 Å². The van der Waals surface area contributed by atoms with Crippen LogP contribution in [0.5, 0.6) is 0 Å². The van der Waals surface area contributed by atoms with E-state index in [1.807, 2.05) is 19.1 Å². The first kappa shape index (κ1) is 13.0. The van der Waals surface area contributed by atoms with E-state index in [4.69, 9.17) is 0 Å². The van der Waals surface area contributed by atoms with Gasteiger partial charge in [0.25, 0.3) is 5.69 Å². The zero-order valence-electron chi connectivity index (χ0n) is 10.5. The van der Waals surface area contributed by atoms with Gasteiger partial charge in [-0.1, -0.05) is 42.0 Å². The maximum Gasteiger partial charge on any atom is 0.273 e. The normalized spacial score (nSPS) is 10.2. The molecule has 0 saturated carbocycles. The Morgan fingerprint density at radius 2 is 1.89 bits per heavy atom. The summed E-state index contributed by atoms with van der Waals surface area (Å²) < 4.78 is 0. The highest BCUT2D eigenvalue weighted by molar-refractivity contribution is 5.98. The number of hydrogen-bond donors (Lipinski definition) is 0. The fourth-order valence-corrected chi connectivity index (χ4v) is 1.93. The van der Waals surface area contributed by atoms with Crippen molar-refractivity contribution in [3.05, 3.63) is 75.3 Å². The Labute approximate surface area is 110 Å². The van der Waals surface area contributed by atoms with E-state index in [-0.39, 0.29) is 17.9 Å². The molecule has 0 N–H and O–H groups in total. The fraction of sp³-hybridized carbons (Fsp3) is 0.133. The number of carbonyl (C=O) groups is 1. The smallest absolute Gasteiger partial charge is 0.273 e. The molecule has 96 valence electrons. The van der Waals surface area contributed by atoms with Gasteiger partial charge in [0.2, 0.25) is 0 Å². The summed E-state index contributed by atoms with van der Waals surface area (Å²) in [5, 5.41) is 10.9. The lowest BCUT2D eigenvalue weighted by molar-refractivity contribution is -0.385. The molecule has 0 fully saturated rings. The standard InChI is InChI=1S/C15H13NO3/c1-11-5-4-7-13(9-11)15(17)10-12-6-2-3-8-14(12)16(18)19/h2-9H,10H2,1H3. The molecule has 0 aromatic heterocycles. The summed E-state index contributed by atoms with van der Waals surface area (Å²) in [6, 6.07) is 13.6. The molecular weight excluding hydrogens is 242 g/mol. The van der Waals surface area contributed by atoms with Crippen LogP contribution in [0.15, 0.2) is 48.5 Å². The topological polar surface area (TPSA) is 60.2 Å². The zero-order valence-corrected chi connectivity index (χ0v) is 10.5. The molecule has 0 unspecified atom stereocenters. The molecular formula is C15H13NO3. The minimum Gasteiger partial charge on any atom is -0.294 e. The fourth-order valence-electron chi connectivity index (χ4n) is 1.93. The molecule has 0 heterocycles. The quantitative estimate of drug-likeness (QED) is 0.478. The molecule has 0 atom stereocenters. The lowest BCUT2D eigenvalue weighted by Gasteiger charge is -2.03. The van der Waals surface area contributed by atoms with Crippen molar-refractivity contribution in [2.45, 2.75) is 13.3 Å². The second kappa shape index (κ2) is 5.44. The number of aryl methyl sites for hydroxylation is 1. The van der Waals surface area contributed by atoms with E-state index in [9.17, 15) is 14.9 Å². The number of hydrogen-bond acceptors (Lipinski definition) is 3. The van der Waals surface area contributed by atoms with Crippen LogP contribution in [0.2, 0.25) is 0 Å². The maximum absolute atomic E-state index is 12.1. The first-order valence-electron chi connectivity index (χ1n) is 5.90. The lowest BCUT2D eigenvalue weighted by Crippen LogP contribution is -2.06. The van der Waals surface area contributed by atoms with Crippen LogP contribution >= 0.6 is 0 Å². The van der Waals surface area contributed by atoms with E-state index >= 15 is 0 Å². The van der Waals surface area contributed by atoms with E-state index in [2.05, 4.69) is 0 Å². The minimum absolute atomic E-state index is 0.0106. The molecule has 0 aliphatic rings. The molecule has 0 radical (unpaired) electrons. The Kier molecular flexibility index (Phi) is 3.71. The number of ketones is 1. The molecule has 2 aromatic carbocycles. The number of rotatable bonds is 4. The number of para-hydroxylation sites is 1. The number of nitro groups is 1. The molecule has 19 heavy (non-hydrogen) atoms. The van der Waals surface area contributed by atoms with Crippen molar-refractivity contribution >= 4 is 11.5 Å². The van der Waals surface area contributed by atoms with Crippen molar-refractivity contribution in [3.8, 4) is 0 Å². The van der Waals surface area contributed by atoms with Crippen molar-refractivity contribution in [2.75, 3.05) is 0 Å². The Morgan fingerprint density at radius 3 is 2.58 bits per heavy atom. The molecule has 2 aromatic rings. The third kappa shape index (κ3) is 3.04. The van der Waals surface area contributed by atoms with Gasteiger partial charge in [0.1, 0.15) is 0 Å². The summed E-state index contributed by atoms with van der Waals surface area (Å²) in [4.78, 5) is 22.5. The summed E-state index contributed by atoms with van der Waals surface area (Å²) >= 11 is 0. The van der Waals surface area contributed by atoms with Crippen molar-refractivity contribution < 1.29 is 9.72 Å². The second-order valence-corrected chi connectivity index (χ2v) is 4.36. The molecule has 4 nitrogen and oxygen atoms in total. The molecule has 4 heteroatoms. The van der Waals surface area contributed by atoms with Crippen LogP contribution in [0.4, 0.5) is 5.69 Å². The first-order chi connectivity index (χ1) is 9.08. The van der Waals surface area contributed by atoms with Gasteiger partial charge in [0, 0.05) is 23.6 Å². The summed E-state index contributed by atoms with van der Waals surface area (Å²) in [6.45, 7) is 1.90. The Hall–Kier alpha value is -2.49. The van der Waals surface area contributed by atoms with Gasteiger partial charge >= 0.3 is 0 Å². The van der Waals surface area contributed by atoms with Crippen LogP contribution in [0.25, 0.3) is 0 Å². The van der Waals surface area contributed by atoms with Crippen LogP contribution in [0.1, 0.15) is 21.5 Å². The Bertz CT molecular complexity index is 635. The van der Waals surface area contributed by atoms with Crippen LogP contribution in [0.3, 0.4) is 0 Å². The van der Waals surface area contributed by atoms with E-state index in [0.29, 0.717) is 11.1 Å². The number of benzene rings is 2. The lowest BCUT2D eigenvalue weighted by atomic mass is 10.0. The molecule has 2 rings (SSSR count). The Morgan fingerprint density at radius 1 is 1.16 bits per heavy atom. The van der Waals surface area contributed by atoms with Gasteiger partial charge in [-0.05, 0) is 13.0 Å². The molecule has 0 aliphatic carbocycles. The average molecular weight is 255 g/mol. The molecule has 0 aliphatic heterocycles.